The van der Waals surface area contributed by atoms with Gasteiger partial charge in [-0.25, -0.2) is 0 Å². The maximum atomic E-state index is 11.5. The van der Waals surface area contributed by atoms with Gasteiger partial charge in [0.15, 0.2) is 0 Å². The monoisotopic (exact) mass is 228 g/mol. The summed E-state index contributed by atoms with van der Waals surface area (Å²) in [5.41, 5.74) is 5.43. The minimum Gasteiger partial charge on any atom is -0.481 e. The van der Waals surface area contributed by atoms with Gasteiger partial charge in [0.25, 0.3) is 0 Å². The molecule has 16 heavy (non-hydrogen) atoms. The van der Waals surface area contributed by atoms with Gasteiger partial charge < -0.3 is 16.2 Å². The van der Waals surface area contributed by atoms with Crippen molar-refractivity contribution in [3.8, 4) is 0 Å². The summed E-state index contributed by atoms with van der Waals surface area (Å²) in [7, 11) is 0. The third-order valence-corrected chi connectivity index (χ3v) is 3.08. The van der Waals surface area contributed by atoms with Crippen LogP contribution in [0.1, 0.15) is 32.6 Å². The molecule has 1 amide bonds. The van der Waals surface area contributed by atoms with E-state index in [0.29, 0.717) is 25.8 Å². The predicted molar refractivity (Wildman–Crippen MR) is 59.7 cm³/mol. The molecule has 1 fully saturated rings. The molecule has 5 heteroatoms. The Morgan fingerprint density at radius 2 is 2.19 bits per heavy atom. The molecule has 0 spiro atoms. The van der Waals surface area contributed by atoms with Crippen LogP contribution >= 0.6 is 0 Å². The van der Waals surface area contributed by atoms with E-state index >= 15 is 0 Å². The molecule has 0 aromatic carbocycles. The second-order valence-electron chi connectivity index (χ2n) is 4.66. The molecule has 0 aromatic rings. The lowest BCUT2D eigenvalue weighted by Crippen LogP contribution is -2.35. The Labute approximate surface area is 95.4 Å². The first kappa shape index (κ1) is 13.0. The Hall–Kier alpha value is -1.10. The predicted octanol–water partition coefficient (Wildman–Crippen LogP) is 0.341. The zero-order chi connectivity index (χ0) is 12.1. The second kappa shape index (κ2) is 5.84. The molecular formula is C11H20N2O3. The maximum absolute atomic E-state index is 11.5. The van der Waals surface area contributed by atoms with Crippen LogP contribution in [0.4, 0.5) is 0 Å². The summed E-state index contributed by atoms with van der Waals surface area (Å²) >= 11 is 0. The summed E-state index contributed by atoms with van der Waals surface area (Å²) in [5, 5.41) is 11.7. The van der Waals surface area contributed by atoms with Gasteiger partial charge >= 0.3 is 5.97 Å². The van der Waals surface area contributed by atoms with Crippen LogP contribution < -0.4 is 11.1 Å². The Morgan fingerprint density at radius 1 is 1.50 bits per heavy atom. The topological polar surface area (TPSA) is 92.4 Å². The van der Waals surface area contributed by atoms with Crippen LogP contribution in [0.15, 0.2) is 0 Å². The Morgan fingerprint density at radius 3 is 2.69 bits per heavy atom. The quantitative estimate of drug-likeness (QED) is 0.632. The van der Waals surface area contributed by atoms with Gasteiger partial charge in [0, 0.05) is 12.5 Å². The zero-order valence-corrected chi connectivity index (χ0v) is 9.61. The van der Waals surface area contributed by atoms with Crippen LogP contribution in [0, 0.1) is 11.8 Å². The highest BCUT2D eigenvalue weighted by Crippen LogP contribution is 2.25. The molecule has 1 aliphatic rings. The van der Waals surface area contributed by atoms with Crippen molar-refractivity contribution < 1.29 is 14.7 Å². The Bertz CT molecular complexity index is 268. The van der Waals surface area contributed by atoms with E-state index < -0.39 is 5.97 Å². The van der Waals surface area contributed by atoms with Gasteiger partial charge in [0.05, 0.1) is 5.92 Å². The van der Waals surface area contributed by atoms with Gasteiger partial charge in [-0.3, -0.25) is 9.59 Å². The van der Waals surface area contributed by atoms with Crippen molar-refractivity contribution in [3.63, 3.8) is 0 Å². The third kappa shape index (κ3) is 3.81. The van der Waals surface area contributed by atoms with Crippen molar-refractivity contribution in [3.05, 3.63) is 0 Å². The minimum atomic E-state index is -0.757. The van der Waals surface area contributed by atoms with Crippen LogP contribution in [0.25, 0.3) is 0 Å². The molecular weight excluding hydrogens is 208 g/mol. The molecule has 1 unspecified atom stereocenters. The number of hydrogen-bond donors (Lipinski definition) is 3. The zero-order valence-electron chi connectivity index (χ0n) is 9.61. The van der Waals surface area contributed by atoms with Gasteiger partial charge in [-0.15, -0.1) is 0 Å². The molecule has 0 saturated heterocycles. The molecule has 5 nitrogen and oxygen atoms in total. The van der Waals surface area contributed by atoms with Crippen LogP contribution in [0.3, 0.4) is 0 Å². The number of carbonyl (C=O) groups excluding carboxylic acids is 1. The Balaban J connectivity index is 2.28. The van der Waals surface area contributed by atoms with Crippen molar-refractivity contribution >= 4 is 11.9 Å². The standard InChI is InChI=1S/C11H20N2O3/c1-7(6-12)4-10(14)13-9-3-2-8(5-9)11(15)16/h7-9H,2-6,12H2,1H3,(H,13,14)(H,15,16)/t7?,8-,9+/m1/s1. The van der Waals surface area contributed by atoms with E-state index in [9.17, 15) is 9.59 Å². The molecule has 0 heterocycles. The van der Waals surface area contributed by atoms with E-state index in [-0.39, 0.29) is 23.8 Å². The molecule has 0 bridgehead atoms. The normalized spacial score (nSPS) is 26.4. The number of hydrogen-bond acceptors (Lipinski definition) is 3. The minimum absolute atomic E-state index is 0.0195. The lowest BCUT2D eigenvalue weighted by molar-refractivity contribution is -0.141. The SMILES string of the molecule is CC(CN)CC(=O)N[C@H]1CC[C@@H](C(=O)O)C1. The number of carboxylic acids is 1. The highest BCUT2D eigenvalue weighted by atomic mass is 16.4. The molecule has 3 atom stereocenters. The summed E-state index contributed by atoms with van der Waals surface area (Å²) in [6.07, 6.45) is 2.40. The summed E-state index contributed by atoms with van der Waals surface area (Å²) in [6.45, 7) is 2.42. The second-order valence-corrected chi connectivity index (χ2v) is 4.66. The van der Waals surface area contributed by atoms with Crippen LogP contribution in [-0.4, -0.2) is 29.6 Å². The maximum Gasteiger partial charge on any atom is 0.306 e. The van der Waals surface area contributed by atoms with Crippen LogP contribution in [-0.2, 0) is 9.59 Å². The van der Waals surface area contributed by atoms with Crippen molar-refractivity contribution in [2.45, 2.75) is 38.6 Å². The summed E-state index contributed by atoms with van der Waals surface area (Å²) in [6, 6.07) is 0.0265. The largest absolute Gasteiger partial charge is 0.481 e. The van der Waals surface area contributed by atoms with Gasteiger partial charge in [-0.05, 0) is 31.7 Å². The fourth-order valence-electron chi connectivity index (χ4n) is 2.02. The highest BCUT2D eigenvalue weighted by Gasteiger charge is 2.30. The van der Waals surface area contributed by atoms with E-state index in [1.807, 2.05) is 6.92 Å². The van der Waals surface area contributed by atoms with Crippen molar-refractivity contribution in [2.75, 3.05) is 6.54 Å². The van der Waals surface area contributed by atoms with Crippen molar-refractivity contribution in [1.29, 1.82) is 0 Å². The number of nitrogens with one attached hydrogen (secondary N) is 1. The summed E-state index contributed by atoms with van der Waals surface area (Å²) < 4.78 is 0. The van der Waals surface area contributed by atoms with Crippen LogP contribution in [0.5, 0.6) is 0 Å². The van der Waals surface area contributed by atoms with Gasteiger partial charge in [0.2, 0.25) is 5.91 Å². The van der Waals surface area contributed by atoms with Gasteiger partial charge in [-0.1, -0.05) is 6.92 Å². The molecule has 0 aliphatic heterocycles. The molecule has 4 N–H and O–H groups in total. The number of carboxylic acid groups (broad SMARTS) is 1. The first-order valence-corrected chi connectivity index (χ1v) is 5.75. The smallest absolute Gasteiger partial charge is 0.306 e. The summed E-state index contributed by atoms with van der Waals surface area (Å²) in [5.74, 6) is -0.894. The third-order valence-electron chi connectivity index (χ3n) is 3.08. The fourth-order valence-corrected chi connectivity index (χ4v) is 2.02. The number of rotatable bonds is 5. The average Bonchev–Trinajstić information content (AvgIpc) is 2.65. The number of amides is 1. The summed E-state index contributed by atoms with van der Waals surface area (Å²) in [4.78, 5) is 22.3. The van der Waals surface area contributed by atoms with Crippen LogP contribution in [0.2, 0.25) is 0 Å². The molecule has 1 rings (SSSR count). The molecule has 0 aromatic heterocycles. The van der Waals surface area contributed by atoms with E-state index in [1.165, 1.54) is 0 Å². The molecule has 92 valence electrons. The Kier molecular flexibility index (Phi) is 4.73. The van der Waals surface area contributed by atoms with E-state index in [1.54, 1.807) is 0 Å². The first-order chi connectivity index (χ1) is 7.52. The molecule has 0 radical (unpaired) electrons. The van der Waals surface area contributed by atoms with E-state index in [4.69, 9.17) is 10.8 Å². The number of aliphatic carboxylic acids is 1. The number of carbonyl (C=O) groups is 2. The lowest BCUT2D eigenvalue weighted by atomic mass is 10.1. The highest BCUT2D eigenvalue weighted by molar-refractivity contribution is 5.77. The fraction of sp³-hybridized carbons (Fsp3) is 0.818. The van der Waals surface area contributed by atoms with Gasteiger partial charge in [0.1, 0.15) is 0 Å². The molecule has 1 saturated carbocycles. The average molecular weight is 228 g/mol. The van der Waals surface area contributed by atoms with E-state index in [0.717, 1.165) is 6.42 Å². The van der Waals surface area contributed by atoms with E-state index in [2.05, 4.69) is 5.32 Å². The molecule has 1 aliphatic carbocycles. The lowest BCUT2D eigenvalue weighted by Gasteiger charge is -2.14. The van der Waals surface area contributed by atoms with Gasteiger partial charge in [-0.2, -0.15) is 0 Å². The number of nitrogens with two attached hydrogens (primary N) is 1. The first-order valence-electron chi connectivity index (χ1n) is 5.75. The van der Waals surface area contributed by atoms with Crippen molar-refractivity contribution in [2.24, 2.45) is 17.6 Å². The van der Waals surface area contributed by atoms with Crippen molar-refractivity contribution in [1.82, 2.24) is 5.32 Å².